The van der Waals surface area contributed by atoms with E-state index in [2.05, 4.69) is 17.6 Å². The van der Waals surface area contributed by atoms with E-state index in [-0.39, 0.29) is 18.6 Å². The number of benzene rings is 1. The zero-order valence-corrected chi connectivity index (χ0v) is 13.1. The number of hydrogen-bond donors (Lipinski definition) is 2. The predicted molar refractivity (Wildman–Crippen MR) is 82.2 cm³/mol. The van der Waals surface area contributed by atoms with E-state index in [0.29, 0.717) is 10.8 Å². The fraction of sp³-hybridized carbons (Fsp3) is 0.533. The average molecular weight is 299 g/mol. The zero-order valence-electron chi connectivity index (χ0n) is 12.3. The highest BCUT2D eigenvalue weighted by Crippen LogP contribution is 2.25. The summed E-state index contributed by atoms with van der Waals surface area (Å²) in [5.41, 5.74) is 1.09. The summed E-state index contributed by atoms with van der Waals surface area (Å²) in [6.45, 7) is 7.69. The number of carbonyl (C=O) groups excluding carboxylic acids is 1. The lowest BCUT2D eigenvalue weighted by molar-refractivity contribution is -0.123. The van der Waals surface area contributed by atoms with E-state index in [0.717, 1.165) is 25.1 Å². The van der Waals surface area contributed by atoms with Crippen molar-refractivity contribution in [3.63, 3.8) is 0 Å². The van der Waals surface area contributed by atoms with E-state index in [1.807, 2.05) is 26.0 Å². The largest absolute Gasteiger partial charge is 0.482 e. The monoisotopic (exact) mass is 298 g/mol. The van der Waals surface area contributed by atoms with Crippen molar-refractivity contribution in [3.8, 4) is 5.75 Å². The van der Waals surface area contributed by atoms with Gasteiger partial charge >= 0.3 is 0 Å². The van der Waals surface area contributed by atoms with E-state index < -0.39 is 0 Å². The Balaban J connectivity index is 2.50. The summed E-state index contributed by atoms with van der Waals surface area (Å²) >= 11 is 6.14. The van der Waals surface area contributed by atoms with Crippen molar-refractivity contribution < 1.29 is 9.53 Å². The fourth-order valence-corrected chi connectivity index (χ4v) is 1.86. The van der Waals surface area contributed by atoms with Crippen LogP contribution in [0.2, 0.25) is 5.02 Å². The SMILES string of the molecule is CCNCc1ccc(OCC(=O)NC(C)CC)c(Cl)c1. The molecule has 0 radical (unpaired) electrons. The van der Waals surface area contributed by atoms with Crippen molar-refractivity contribution in [2.24, 2.45) is 0 Å². The van der Waals surface area contributed by atoms with E-state index >= 15 is 0 Å². The van der Waals surface area contributed by atoms with Crippen LogP contribution >= 0.6 is 11.6 Å². The maximum Gasteiger partial charge on any atom is 0.258 e. The number of halogens is 1. The molecular weight excluding hydrogens is 276 g/mol. The molecular formula is C15H23ClN2O2. The third-order valence-electron chi connectivity index (χ3n) is 2.95. The molecule has 0 saturated heterocycles. The van der Waals surface area contributed by atoms with E-state index in [4.69, 9.17) is 16.3 Å². The Morgan fingerprint density at radius 2 is 2.15 bits per heavy atom. The van der Waals surface area contributed by atoms with Gasteiger partial charge in [0.1, 0.15) is 5.75 Å². The van der Waals surface area contributed by atoms with Crippen LogP contribution in [0.15, 0.2) is 18.2 Å². The molecule has 0 aromatic heterocycles. The maximum absolute atomic E-state index is 11.6. The van der Waals surface area contributed by atoms with Crippen LogP contribution in [-0.4, -0.2) is 25.1 Å². The first-order valence-corrected chi connectivity index (χ1v) is 7.35. The molecule has 0 aliphatic rings. The molecule has 0 saturated carbocycles. The summed E-state index contributed by atoms with van der Waals surface area (Å²) in [6, 6.07) is 5.75. The van der Waals surface area contributed by atoms with Crippen LogP contribution in [0.4, 0.5) is 0 Å². The molecule has 1 aromatic rings. The minimum Gasteiger partial charge on any atom is -0.482 e. The normalized spacial score (nSPS) is 12.0. The Morgan fingerprint density at radius 3 is 2.75 bits per heavy atom. The Labute approximate surface area is 125 Å². The standard InChI is InChI=1S/C15H23ClN2O2/c1-4-11(3)18-15(19)10-20-14-7-6-12(8-13(14)16)9-17-5-2/h6-8,11,17H,4-5,9-10H2,1-3H3,(H,18,19). The van der Waals surface area contributed by atoms with Crippen molar-refractivity contribution in [1.82, 2.24) is 10.6 Å². The number of nitrogens with one attached hydrogen (secondary N) is 2. The number of amides is 1. The van der Waals surface area contributed by atoms with E-state index in [1.165, 1.54) is 0 Å². The van der Waals surface area contributed by atoms with Crippen molar-refractivity contribution >= 4 is 17.5 Å². The molecule has 4 nitrogen and oxygen atoms in total. The van der Waals surface area contributed by atoms with Gasteiger partial charge in [0.25, 0.3) is 5.91 Å². The summed E-state index contributed by atoms with van der Waals surface area (Å²) in [5, 5.41) is 6.59. The van der Waals surface area contributed by atoms with Crippen LogP contribution in [0.3, 0.4) is 0 Å². The second-order valence-corrected chi connectivity index (χ2v) is 5.12. The highest BCUT2D eigenvalue weighted by molar-refractivity contribution is 6.32. The predicted octanol–water partition coefficient (Wildman–Crippen LogP) is 2.74. The first kappa shape index (κ1) is 16.8. The molecule has 2 N–H and O–H groups in total. The third kappa shape index (κ3) is 5.80. The molecule has 1 amide bonds. The van der Waals surface area contributed by atoms with Gasteiger partial charge in [0.05, 0.1) is 5.02 Å². The van der Waals surface area contributed by atoms with Crippen molar-refractivity contribution in [1.29, 1.82) is 0 Å². The van der Waals surface area contributed by atoms with Gasteiger partial charge in [-0.2, -0.15) is 0 Å². The van der Waals surface area contributed by atoms with Gasteiger partial charge in [-0.1, -0.05) is 31.5 Å². The van der Waals surface area contributed by atoms with Gasteiger partial charge in [0.15, 0.2) is 6.61 Å². The van der Waals surface area contributed by atoms with E-state index in [1.54, 1.807) is 6.07 Å². The Kier molecular flexibility index (Phi) is 7.41. The smallest absolute Gasteiger partial charge is 0.258 e. The van der Waals surface area contributed by atoms with E-state index in [9.17, 15) is 4.79 Å². The quantitative estimate of drug-likeness (QED) is 0.776. The number of ether oxygens (including phenoxy) is 1. The lowest BCUT2D eigenvalue weighted by atomic mass is 10.2. The molecule has 0 aliphatic carbocycles. The highest BCUT2D eigenvalue weighted by Gasteiger charge is 2.08. The molecule has 1 aromatic carbocycles. The highest BCUT2D eigenvalue weighted by atomic mass is 35.5. The van der Waals surface area contributed by atoms with Crippen LogP contribution in [0.25, 0.3) is 0 Å². The minimum atomic E-state index is -0.132. The average Bonchev–Trinajstić information content (AvgIpc) is 2.43. The van der Waals surface area contributed by atoms with Crippen LogP contribution in [0.1, 0.15) is 32.8 Å². The molecule has 112 valence electrons. The molecule has 0 heterocycles. The maximum atomic E-state index is 11.6. The Hall–Kier alpha value is -1.26. The number of hydrogen-bond acceptors (Lipinski definition) is 3. The van der Waals surface area contributed by atoms with Crippen molar-refractivity contribution in [3.05, 3.63) is 28.8 Å². The summed E-state index contributed by atoms with van der Waals surface area (Å²) in [4.78, 5) is 11.6. The Bertz CT molecular complexity index is 438. The number of rotatable bonds is 8. The van der Waals surface area contributed by atoms with Crippen LogP contribution in [0, 0.1) is 0 Å². The van der Waals surface area contributed by atoms with Gasteiger partial charge in [-0.25, -0.2) is 0 Å². The molecule has 0 aliphatic heterocycles. The molecule has 5 heteroatoms. The summed E-state index contributed by atoms with van der Waals surface area (Å²) in [7, 11) is 0. The molecule has 20 heavy (non-hydrogen) atoms. The molecule has 1 atom stereocenters. The van der Waals surface area contributed by atoms with Gasteiger partial charge in [-0.3, -0.25) is 4.79 Å². The van der Waals surface area contributed by atoms with Crippen LogP contribution < -0.4 is 15.4 Å². The van der Waals surface area contributed by atoms with Crippen molar-refractivity contribution in [2.75, 3.05) is 13.2 Å². The lowest BCUT2D eigenvalue weighted by Crippen LogP contribution is -2.35. The first-order chi connectivity index (χ1) is 9.56. The van der Waals surface area contributed by atoms with Crippen LogP contribution in [-0.2, 0) is 11.3 Å². The van der Waals surface area contributed by atoms with Crippen molar-refractivity contribution in [2.45, 2.75) is 39.8 Å². The summed E-state index contributed by atoms with van der Waals surface area (Å²) < 4.78 is 5.44. The number of carbonyl (C=O) groups is 1. The molecule has 1 rings (SSSR count). The molecule has 0 bridgehead atoms. The van der Waals surface area contributed by atoms with Gasteiger partial charge in [0, 0.05) is 12.6 Å². The molecule has 0 spiro atoms. The molecule has 0 fully saturated rings. The second-order valence-electron chi connectivity index (χ2n) is 4.71. The van der Waals surface area contributed by atoms with Gasteiger partial charge in [-0.05, 0) is 37.6 Å². The van der Waals surface area contributed by atoms with Crippen LogP contribution in [0.5, 0.6) is 5.75 Å². The molecule has 1 unspecified atom stereocenters. The first-order valence-electron chi connectivity index (χ1n) is 6.98. The third-order valence-corrected chi connectivity index (χ3v) is 3.25. The van der Waals surface area contributed by atoms with Gasteiger partial charge < -0.3 is 15.4 Å². The lowest BCUT2D eigenvalue weighted by Gasteiger charge is -2.13. The zero-order chi connectivity index (χ0) is 15.0. The topological polar surface area (TPSA) is 50.4 Å². The van der Waals surface area contributed by atoms with Gasteiger partial charge in [-0.15, -0.1) is 0 Å². The Morgan fingerprint density at radius 1 is 1.40 bits per heavy atom. The van der Waals surface area contributed by atoms with Gasteiger partial charge in [0.2, 0.25) is 0 Å². The minimum absolute atomic E-state index is 0.0172. The fourth-order valence-electron chi connectivity index (χ4n) is 1.60. The summed E-state index contributed by atoms with van der Waals surface area (Å²) in [5.74, 6) is 0.401. The second kappa shape index (κ2) is 8.82. The summed E-state index contributed by atoms with van der Waals surface area (Å²) in [6.07, 6.45) is 0.894.